The van der Waals surface area contributed by atoms with Crippen LogP contribution in [0.3, 0.4) is 0 Å². The van der Waals surface area contributed by atoms with Gasteiger partial charge in [0, 0.05) is 17.5 Å². The third-order valence-corrected chi connectivity index (χ3v) is 7.95. The Morgan fingerprint density at radius 3 is 2.16 bits per heavy atom. The minimum atomic E-state index is -4.50. The van der Waals surface area contributed by atoms with E-state index in [1.807, 2.05) is 43.3 Å². The standard InChI is InChI=1S/C37H31F3N2O3/c1-2-3-12-33(44)41-35-34(26-17-21-30(22-18-26)37(38,39)40)42-36(45-35,31-10-6-7-11-32(31)43)29-19-15-25(16-20-29)28-14-13-24-8-4-5-9-27(24)23-28/h4-11,13-23,42-43H,2-3,12H2,1H3,(H,41,44). The average Bonchev–Trinajstić information content (AvgIpc) is 3.43. The number of rotatable bonds is 8. The smallest absolute Gasteiger partial charge is 0.416 e. The third kappa shape index (κ3) is 5.96. The van der Waals surface area contributed by atoms with Gasteiger partial charge in [0.1, 0.15) is 11.4 Å². The number of phenols is 1. The van der Waals surface area contributed by atoms with Crippen molar-refractivity contribution in [2.24, 2.45) is 0 Å². The number of nitrogens with one attached hydrogen (secondary N) is 2. The van der Waals surface area contributed by atoms with E-state index in [4.69, 9.17) is 4.74 Å². The number of alkyl halides is 3. The van der Waals surface area contributed by atoms with Crippen molar-refractivity contribution in [3.8, 4) is 16.9 Å². The maximum atomic E-state index is 13.4. The van der Waals surface area contributed by atoms with Gasteiger partial charge in [-0.05, 0) is 58.7 Å². The van der Waals surface area contributed by atoms with E-state index in [0.717, 1.165) is 40.5 Å². The van der Waals surface area contributed by atoms with Crippen molar-refractivity contribution < 1.29 is 27.8 Å². The van der Waals surface area contributed by atoms with E-state index < -0.39 is 17.5 Å². The summed E-state index contributed by atoms with van der Waals surface area (Å²) in [5.74, 6) is -0.301. The number of phenolic OH excluding ortho intramolecular Hbond substituents is 1. The molecule has 1 heterocycles. The lowest BCUT2D eigenvalue weighted by Gasteiger charge is -2.32. The van der Waals surface area contributed by atoms with Crippen molar-refractivity contribution in [3.05, 3.63) is 143 Å². The van der Waals surface area contributed by atoms with Crippen molar-refractivity contribution in [1.29, 1.82) is 0 Å². The lowest BCUT2D eigenvalue weighted by Crippen LogP contribution is -2.40. The molecule has 5 nitrogen and oxygen atoms in total. The molecule has 1 amide bonds. The SMILES string of the molecule is CCCCC(=O)NC1=C(c2ccc(C(F)(F)F)cc2)NC(c2ccc(-c3ccc4ccccc4c3)cc2)(c2ccccc2O)O1. The molecule has 0 aromatic heterocycles. The normalized spacial score (nSPS) is 16.4. The molecule has 228 valence electrons. The predicted octanol–water partition coefficient (Wildman–Crippen LogP) is 8.68. The van der Waals surface area contributed by atoms with E-state index in [2.05, 4.69) is 41.0 Å². The maximum Gasteiger partial charge on any atom is 0.416 e. The Labute approximate surface area is 259 Å². The summed E-state index contributed by atoms with van der Waals surface area (Å²) in [6, 6.07) is 33.3. The van der Waals surface area contributed by atoms with Crippen LogP contribution in [0.2, 0.25) is 0 Å². The number of para-hydroxylation sites is 1. The first-order chi connectivity index (χ1) is 21.7. The van der Waals surface area contributed by atoms with Crippen LogP contribution >= 0.6 is 0 Å². The van der Waals surface area contributed by atoms with Gasteiger partial charge in [-0.15, -0.1) is 0 Å². The molecule has 8 heteroatoms. The molecule has 1 atom stereocenters. The van der Waals surface area contributed by atoms with Gasteiger partial charge in [0.15, 0.2) is 0 Å². The number of carbonyl (C=O) groups is 1. The lowest BCUT2D eigenvalue weighted by atomic mass is 9.91. The van der Waals surface area contributed by atoms with E-state index >= 15 is 0 Å². The molecule has 1 unspecified atom stereocenters. The summed E-state index contributed by atoms with van der Waals surface area (Å²) in [4.78, 5) is 12.9. The van der Waals surface area contributed by atoms with Crippen LogP contribution in [-0.4, -0.2) is 11.0 Å². The molecular formula is C37H31F3N2O3. The minimum absolute atomic E-state index is 0.0534. The number of fused-ring (bicyclic) bond motifs is 1. The highest BCUT2D eigenvalue weighted by atomic mass is 19.4. The molecule has 0 saturated heterocycles. The summed E-state index contributed by atoms with van der Waals surface area (Å²) < 4.78 is 46.7. The van der Waals surface area contributed by atoms with E-state index in [-0.39, 0.29) is 29.7 Å². The molecule has 0 fully saturated rings. The summed E-state index contributed by atoms with van der Waals surface area (Å²) in [6.07, 6.45) is -2.80. The fourth-order valence-corrected chi connectivity index (χ4v) is 5.55. The first-order valence-electron chi connectivity index (χ1n) is 14.7. The lowest BCUT2D eigenvalue weighted by molar-refractivity contribution is -0.137. The van der Waals surface area contributed by atoms with Crippen molar-refractivity contribution in [2.45, 2.75) is 38.1 Å². The Hall–Kier alpha value is -5.24. The van der Waals surface area contributed by atoms with Gasteiger partial charge < -0.3 is 15.2 Å². The second kappa shape index (κ2) is 12.0. The molecule has 6 rings (SSSR count). The molecule has 5 aromatic carbocycles. The van der Waals surface area contributed by atoms with Crippen LogP contribution in [0.15, 0.2) is 121 Å². The fourth-order valence-electron chi connectivity index (χ4n) is 5.55. The van der Waals surface area contributed by atoms with Crippen LogP contribution in [0.25, 0.3) is 27.6 Å². The third-order valence-electron chi connectivity index (χ3n) is 7.95. The summed E-state index contributed by atoms with van der Waals surface area (Å²) in [6.45, 7) is 1.97. The highest BCUT2D eigenvalue weighted by molar-refractivity contribution is 5.87. The highest BCUT2D eigenvalue weighted by Crippen LogP contribution is 2.45. The topological polar surface area (TPSA) is 70.6 Å². The van der Waals surface area contributed by atoms with Crippen LogP contribution in [0.1, 0.15) is 48.4 Å². The van der Waals surface area contributed by atoms with Crippen LogP contribution in [-0.2, 0) is 21.4 Å². The number of carbonyl (C=O) groups excluding carboxylic acids is 1. The monoisotopic (exact) mass is 608 g/mol. The Morgan fingerprint density at radius 2 is 1.47 bits per heavy atom. The Balaban J connectivity index is 1.43. The quantitative estimate of drug-likeness (QED) is 0.165. The maximum absolute atomic E-state index is 13.4. The zero-order valence-electron chi connectivity index (χ0n) is 24.5. The number of ether oxygens (including phenoxy) is 1. The van der Waals surface area contributed by atoms with Gasteiger partial charge in [0.2, 0.25) is 17.5 Å². The molecule has 45 heavy (non-hydrogen) atoms. The Bertz CT molecular complexity index is 1880. The number of unbranched alkanes of at least 4 members (excludes halogenated alkanes) is 1. The van der Waals surface area contributed by atoms with Crippen molar-refractivity contribution in [2.75, 3.05) is 0 Å². The Kier molecular flexibility index (Phi) is 7.97. The van der Waals surface area contributed by atoms with Crippen LogP contribution in [0, 0.1) is 0 Å². The number of hydrogen-bond acceptors (Lipinski definition) is 4. The molecule has 3 N–H and O–H groups in total. The number of amides is 1. The van der Waals surface area contributed by atoms with Gasteiger partial charge >= 0.3 is 6.18 Å². The molecule has 0 radical (unpaired) electrons. The number of aromatic hydroxyl groups is 1. The fraction of sp³-hybridized carbons (Fsp3) is 0.162. The van der Waals surface area contributed by atoms with E-state index in [1.54, 1.807) is 18.2 Å². The second-order valence-corrected chi connectivity index (χ2v) is 11.0. The molecule has 1 aliphatic rings. The van der Waals surface area contributed by atoms with E-state index in [1.165, 1.54) is 18.2 Å². The highest BCUT2D eigenvalue weighted by Gasteiger charge is 2.46. The van der Waals surface area contributed by atoms with Crippen LogP contribution in [0.4, 0.5) is 13.2 Å². The van der Waals surface area contributed by atoms with Gasteiger partial charge in [-0.1, -0.05) is 98.3 Å². The number of benzene rings is 5. The zero-order valence-corrected chi connectivity index (χ0v) is 24.5. The van der Waals surface area contributed by atoms with E-state index in [9.17, 15) is 23.1 Å². The van der Waals surface area contributed by atoms with Crippen LogP contribution in [0.5, 0.6) is 5.75 Å². The van der Waals surface area contributed by atoms with Gasteiger partial charge in [0.25, 0.3) is 0 Å². The molecule has 0 bridgehead atoms. The minimum Gasteiger partial charge on any atom is -0.507 e. The summed E-state index contributed by atoms with van der Waals surface area (Å²) in [5.41, 5.74) is 1.30. The van der Waals surface area contributed by atoms with E-state index in [0.29, 0.717) is 23.1 Å². The molecule has 5 aromatic rings. The predicted molar refractivity (Wildman–Crippen MR) is 169 cm³/mol. The average molecular weight is 609 g/mol. The first-order valence-corrected chi connectivity index (χ1v) is 14.7. The molecule has 0 spiro atoms. The number of halogens is 3. The van der Waals surface area contributed by atoms with Crippen molar-refractivity contribution >= 4 is 22.4 Å². The van der Waals surface area contributed by atoms with Gasteiger partial charge in [0.05, 0.1) is 11.1 Å². The van der Waals surface area contributed by atoms with Gasteiger partial charge in [-0.2, -0.15) is 13.2 Å². The summed E-state index contributed by atoms with van der Waals surface area (Å²) in [7, 11) is 0. The van der Waals surface area contributed by atoms with Gasteiger partial charge in [-0.25, -0.2) is 0 Å². The van der Waals surface area contributed by atoms with Crippen molar-refractivity contribution in [1.82, 2.24) is 10.6 Å². The molecule has 0 saturated carbocycles. The zero-order chi connectivity index (χ0) is 31.6. The molecular weight excluding hydrogens is 577 g/mol. The van der Waals surface area contributed by atoms with Crippen molar-refractivity contribution in [3.63, 3.8) is 0 Å². The summed E-state index contributed by atoms with van der Waals surface area (Å²) in [5, 5.41) is 19.5. The first kappa shape index (κ1) is 29.8. The second-order valence-electron chi connectivity index (χ2n) is 11.0. The molecule has 0 aliphatic carbocycles. The molecule has 1 aliphatic heterocycles. The van der Waals surface area contributed by atoms with Gasteiger partial charge in [-0.3, -0.25) is 10.1 Å². The number of hydrogen-bond donors (Lipinski definition) is 3. The van der Waals surface area contributed by atoms with Crippen LogP contribution < -0.4 is 10.6 Å². The summed E-state index contributed by atoms with van der Waals surface area (Å²) >= 11 is 0. The Morgan fingerprint density at radius 1 is 0.822 bits per heavy atom. The largest absolute Gasteiger partial charge is 0.507 e.